The first-order valence-corrected chi connectivity index (χ1v) is 9.11. The zero-order valence-electron chi connectivity index (χ0n) is 16.2. The lowest BCUT2D eigenvalue weighted by Gasteiger charge is -2.16. The lowest BCUT2D eigenvalue weighted by Crippen LogP contribution is -2.29. The summed E-state index contributed by atoms with van der Waals surface area (Å²) in [6.45, 7) is 3.83. The van der Waals surface area contributed by atoms with E-state index in [0.717, 1.165) is 22.1 Å². The molecule has 1 heterocycles. The molecule has 0 radical (unpaired) electrons. The standard InChI is InChI=1S/C22H16N4O4/c1-13-3-6-15(7-4-13)23-24-19-11-14(2)5-10-20(19)25-21(27)17-9-8-16(26(29)30)12-18(17)22(25)28/h3-12H,1-2H3. The number of hydrogen-bond donors (Lipinski definition) is 0. The topological polar surface area (TPSA) is 105 Å². The number of hydrogen-bond acceptors (Lipinski definition) is 6. The van der Waals surface area contributed by atoms with Crippen molar-refractivity contribution in [2.75, 3.05) is 4.90 Å². The minimum atomic E-state index is -0.630. The molecule has 0 aliphatic carbocycles. The molecule has 3 aromatic carbocycles. The number of rotatable bonds is 4. The Labute approximate surface area is 171 Å². The average Bonchev–Trinajstić information content (AvgIpc) is 2.98. The van der Waals surface area contributed by atoms with E-state index in [0.29, 0.717) is 11.4 Å². The predicted octanol–water partition coefficient (Wildman–Crippen LogP) is 5.43. The molecule has 2 amide bonds. The Morgan fingerprint density at radius 2 is 1.47 bits per heavy atom. The highest BCUT2D eigenvalue weighted by Crippen LogP contribution is 2.37. The maximum absolute atomic E-state index is 12.9. The fourth-order valence-corrected chi connectivity index (χ4v) is 3.19. The van der Waals surface area contributed by atoms with Crippen LogP contribution >= 0.6 is 0 Å². The number of imide groups is 1. The summed E-state index contributed by atoms with van der Waals surface area (Å²) in [4.78, 5) is 37.3. The van der Waals surface area contributed by atoms with Crippen molar-refractivity contribution in [1.29, 1.82) is 0 Å². The maximum Gasteiger partial charge on any atom is 0.270 e. The van der Waals surface area contributed by atoms with E-state index in [1.165, 1.54) is 12.1 Å². The molecule has 0 saturated carbocycles. The first kappa shape index (κ1) is 19.1. The highest BCUT2D eigenvalue weighted by Gasteiger charge is 2.39. The van der Waals surface area contributed by atoms with Gasteiger partial charge in [-0.05, 0) is 49.7 Å². The first-order valence-electron chi connectivity index (χ1n) is 9.11. The van der Waals surface area contributed by atoms with Crippen LogP contribution in [-0.4, -0.2) is 16.7 Å². The number of nitrogens with zero attached hydrogens (tertiary/aromatic N) is 4. The van der Waals surface area contributed by atoms with Gasteiger partial charge in [-0.1, -0.05) is 23.8 Å². The molecule has 0 fully saturated rings. The molecule has 1 aliphatic rings. The number of benzene rings is 3. The van der Waals surface area contributed by atoms with Gasteiger partial charge in [-0.3, -0.25) is 19.7 Å². The van der Waals surface area contributed by atoms with Crippen molar-refractivity contribution < 1.29 is 14.5 Å². The number of non-ortho nitro benzene ring substituents is 1. The van der Waals surface area contributed by atoms with Crippen molar-refractivity contribution in [1.82, 2.24) is 0 Å². The van der Waals surface area contributed by atoms with E-state index in [1.807, 2.05) is 38.1 Å². The second-order valence-corrected chi connectivity index (χ2v) is 6.96. The van der Waals surface area contributed by atoms with Crippen LogP contribution in [0.4, 0.5) is 22.7 Å². The van der Waals surface area contributed by atoms with Gasteiger partial charge in [0.2, 0.25) is 0 Å². The number of carbonyl (C=O) groups excluding carboxylic acids is 2. The van der Waals surface area contributed by atoms with Crippen molar-refractivity contribution >= 4 is 34.6 Å². The smallest absolute Gasteiger partial charge is 0.268 e. The van der Waals surface area contributed by atoms with Gasteiger partial charge >= 0.3 is 0 Å². The van der Waals surface area contributed by atoms with E-state index >= 15 is 0 Å². The Kier molecular flexibility index (Phi) is 4.67. The van der Waals surface area contributed by atoms with Crippen LogP contribution in [0.2, 0.25) is 0 Å². The van der Waals surface area contributed by atoms with Gasteiger partial charge < -0.3 is 0 Å². The first-order chi connectivity index (χ1) is 14.3. The summed E-state index contributed by atoms with van der Waals surface area (Å²) in [6, 6.07) is 16.2. The lowest BCUT2D eigenvalue weighted by molar-refractivity contribution is -0.384. The minimum absolute atomic E-state index is 0.00352. The van der Waals surface area contributed by atoms with E-state index in [4.69, 9.17) is 0 Å². The summed E-state index contributed by atoms with van der Waals surface area (Å²) in [5.41, 5.74) is 3.08. The van der Waals surface area contributed by atoms with Gasteiger partial charge in [0.15, 0.2) is 0 Å². The fourth-order valence-electron chi connectivity index (χ4n) is 3.19. The van der Waals surface area contributed by atoms with Gasteiger partial charge in [-0.15, -0.1) is 5.11 Å². The average molecular weight is 400 g/mol. The molecule has 0 unspecified atom stereocenters. The fraction of sp³-hybridized carbons (Fsp3) is 0.0909. The number of aryl methyl sites for hydroxylation is 2. The van der Waals surface area contributed by atoms with Gasteiger partial charge in [0.1, 0.15) is 5.69 Å². The molecule has 1 aliphatic heterocycles. The third-order valence-corrected chi connectivity index (χ3v) is 4.76. The molecule has 0 atom stereocenters. The molecule has 148 valence electrons. The van der Waals surface area contributed by atoms with Crippen LogP contribution in [0.25, 0.3) is 0 Å². The van der Waals surface area contributed by atoms with Crippen LogP contribution in [0.1, 0.15) is 31.8 Å². The Morgan fingerprint density at radius 1 is 0.800 bits per heavy atom. The molecule has 0 N–H and O–H groups in total. The Morgan fingerprint density at radius 3 is 2.17 bits per heavy atom. The number of azo groups is 1. The van der Waals surface area contributed by atoms with Gasteiger partial charge in [-0.2, -0.15) is 5.11 Å². The molecular formula is C22H16N4O4. The molecule has 8 nitrogen and oxygen atoms in total. The number of nitro groups is 1. The summed E-state index contributed by atoms with van der Waals surface area (Å²) < 4.78 is 0. The monoisotopic (exact) mass is 400 g/mol. The Balaban J connectivity index is 1.75. The maximum atomic E-state index is 12.9. The second-order valence-electron chi connectivity index (χ2n) is 6.96. The van der Waals surface area contributed by atoms with E-state index in [-0.39, 0.29) is 22.5 Å². The van der Waals surface area contributed by atoms with Crippen LogP contribution in [0.15, 0.2) is 70.9 Å². The van der Waals surface area contributed by atoms with Crippen molar-refractivity contribution in [2.24, 2.45) is 10.2 Å². The molecule has 0 spiro atoms. The number of nitro benzene ring substituents is 1. The SMILES string of the molecule is Cc1ccc(N=Nc2cc(C)ccc2N2C(=O)c3ccc([N+](=O)[O-])cc3C2=O)cc1. The van der Waals surface area contributed by atoms with Gasteiger partial charge in [0.25, 0.3) is 17.5 Å². The third-order valence-electron chi connectivity index (χ3n) is 4.76. The Hall–Kier alpha value is -4.20. The molecule has 0 bridgehead atoms. The quantitative estimate of drug-likeness (QED) is 0.252. The minimum Gasteiger partial charge on any atom is -0.268 e. The molecule has 8 heteroatoms. The summed E-state index contributed by atoms with van der Waals surface area (Å²) in [7, 11) is 0. The van der Waals surface area contributed by atoms with Crippen LogP contribution < -0.4 is 4.90 Å². The molecule has 4 rings (SSSR count). The zero-order valence-corrected chi connectivity index (χ0v) is 16.2. The number of amides is 2. The van der Waals surface area contributed by atoms with Gasteiger partial charge in [0, 0.05) is 12.1 Å². The highest BCUT2D eigenvalue weighted by atomic mass is 16.6. The number of anilines is 1. The summed E-state index contributed by atoms with van der Waals surface area (Å²) in [5, 5.41) is 19.5. The lowest BCUT2D eigenvalue weighted by atomic mass is 10.1. The van der Waals surface area contributed by atoms with E-state index < -0.39 is 16.7 Å². The van der Waals surface area contributed by atoms with E-state index in [1.54, 1.807) is 18.2 Å². The summed E-state index contributed by atoms with van der Waals surface area (Å²) >= 11 is 0. The zero-order chi connectivity index (χ0) is 21.4. The van der Waals surface area contributed by atoms with Crippen molar-refractivity contribution in [2.45, 2.75) is 13.8 Å². The van der Waals surface area contributed by atoms with Gasteiger partial charge in [0.05, 0.1) is 27.4 Å². The second kappa shape index (κ2) is 7.32. The van der Waals surface area contributed by atoms with Gasteiger partial charge in [-0.25, -0.2) is 4.90 Å². The highest BCUT2D eigenvalue weighted by molar-refractivity contribution is 6.35. The molecule has 3 aromatic rings. The van der Waals surface area contributed by atoms with Crippen LogP contribution in [0.5, 0.6) is 0 Å². The van der Waals surface area contributed by atoms with E-state index in [9.17, 15) is 19.7 Å². The van der Waals surface area contributed by atoms with E-state index in [2.05, 4.69) is 10.2 Å². The summed E-state index contributed by atoms with van der Waals surface area (Å²) in [6.07, 6.45) is 0. The summed E-state index contributed by atoms with van der Waals surface area (Å²) in [5.74, 6) is -1.19. The Bertz CT molecular complexity index is 1230. The molecule has 0 saturated heterocycles. The number of fused-ring (bicyclic) bond motifs is 1. The van der Waals surface area contributed by atoms with Crippen LogP contribution in [0.3, 0.4) is 0 Å². The molecule has 30 heavy (non-hydrogen) atoms. The predicted molar refractivity (Wildman–Crippen MR) is 111 cm³/mol. The molecule has 0 aromatic heterocycles. The van der Waals surface area contributed by atoms with Crippen molar-refractivity contribution in [3.63, 3.8) is 0 Å². The molecular weight excluding hydrogens is 384 g/mol. The normalized spacial score (nSPS) is 13.2. The third kappa shape index (κ3) is 3.35. The van der Waals surface area contributed by atoms with Crippen LogP contribution in [-0.2, 0) is 0 Å². The largest absolute Gasteiger partial charge is 0.270 e. The van der Waals surface area contributed by atoms with Crippen molar-refractivity contribution in [3.8, 4) is 0 Å². The van der Waals surface area contributed by atoms with Crippen molar-refractivity contribution in [3.05, 3.63) is 93.0 Å². The number of carbonyl (C=O) groups is 2. The van der Waals surface area contributed by atoms with Crippen LogP contribution in [0, 0.1) is 24.0 Å².